The lowest BCUT2D eigenvalue weighted by molar-refractivity contribution is 0.300. The highest BCUT2D eigenvalue weighted by Gasteiger charge is 2.31. The van der Waals surface area contributed by atoms with Gasteiger partial charge in [0.25, 0.3) is 0 Å². The van der Waals surface area contributed by atoms with Gasteiger partial charge in [0.05, 0.1) is 0 Å². The van der Waals surface area contributed by atoms with Crippen molar-refractivity contribution in [2.24, 2.45) is 0 Å². The third kappa shape index (κ3) is 3.72. The highest BCUT2D eigenvalue weighted by Crippen LogP contribution is 2.30. The number of thioether (sulfide) groups is 1. The minimum atomic E-state index is -3.41. The Hall–Kier alpha value is -0.0800. The van der Waals surface area contributed by atoms with Crippen LogP contribution in [0.15, 0.2) is 16.3 Å². The van der Waals surface area contributed by atoms with Crippen LogP contribution in [0.3, 0.4) is 0 Å². The van der Waals surface area contributed by atoms with Gasteiger partial charge in [-0.3, -0.25) is 0 Å². The number of aliphatic hydroxyl groups excluding tert-OH is 1. The number of nitrogens with one attached hydrogen (secondary N) is 1. The second-order valence-electron chi connectivity index (χ2n) is 4.63. The molecule has 4 nitrogen and oxygen atoms in total. The Bertz CT molecular complexity index is 512. The molecule has 1 aromatic heterocycles. The van der Waals surface area contributed by atoms with Crippen molar-refractivity contribution in [3.63, 3.8) is 0 Å². The molecule has 0 aliphatic heterocycles. The van der Waals surface area contributed by atoms with Crippen LogP contribution in [0.2, 0.25) is 0 Å². The molecular formula is C12H19NO3S3. The molecule has 2 atom stereocenters. The van der Waals surface area contributed by atoms with Crippen LogP contribution in [-0.2, 0) is 16.4 Å². The summed E-state index contributed by atoms with van der Waals surface area (Å²) in [5.74, 6) is 0. The molecule has 1 aliphatic rings. The number of aliphatic hydroxyl groups is 1. The summed E-state index contributed by atoms with van der Waals surface area (Å²) in [5.41, 5.74) is 0. The van der Waals surface area contributed by atoms with Crippen molar-refractivity contribution in [3.8, 4) is 0 Å². The summed E-state index contributed by atoms with van der Waals surface area (Å²) < 4.78 is 27.8. The number of thiophene rings is 1. The van der Waals surface area contributed by atoms with Gasteiger partial charge >= 0.3 is 0 Å². The van der Waals surface area contributed by atoms with E-state index in [4.69, 9.17) is 5.11 Å². The van der Waals surface area contributed by atoms with Crippen molar-refractivity contribution in [2.75, 3.05) is 12.9 Å². The standard InChI is InChI=1S/C12H19NO3S3/c1-17-11-4-2-3-10(11)13-19(15,16)12-6-5-9(18-12)7-8-14/h5-6,10-11,13-14H,2-4,7-8H2,1H3. The normalized spacial score (nSPS) is 23.9. The molecule has 1 saturated carbocycles. The Labute approximate surface area is 122 Å². The zero-order valence-corrected chi connectivity index (χ0v) is 13.3. The number of sulfonamides is 1. The summed E-state index contributed by atoms with van der Waals surface area (Å²) in [6, 6.07) is 3.44. The first-order valence-corrected chi connectivity index (χ1v) is 9.90. The minimum Gasteiger partial charge on any atom is -0.396 e. The van der Waals surface area contributed by atoms with E-state index in [0.29, 0.717) is 15.9 Å². The first kappa shape index (κ1) is 15.3. The maximum absolute atomic E-state index is 12.3. The molecule has 0 spiro atoms. The molecule has 0 amide bonds. The smallest absolute Gasteiger partial charge is 0.250 e. The van der Waals surface area contributed by atoms with E-state index in [1.54, 1.807) is 23.9 Å². The zero-order chi connectivity index (χ0) is 13.9. The molecule has 0 aromatic carbocycles. The van der Waals surface area contributed by atoms with Crippen LogP contribution in [0.5, 0.6) is 0 Å². The van der Waals surface area contributed by atoms with Gasteiger partial charge < -0.3 is 5.11 Å². The molecule has 1 heterocycles. The van der Waals surface area contributed by atoms with E-state index in [9.17, 15) is 8.42 Å². The fraction of sp³-hybridized carbons (Fsp3) is 0.667. The van der Waals surface area contributed by atoms with E-state index in [-0.39, 0.29) is 12.6 Å². The molecule has 2 N–H and O–H groups in total. The Morgan fingerprint density at radius 3 is 2.95 bits per heavy atom. The van der Waals surface area contributed by atoms with Crippen molar-refractivity contribution in [3.05, 3.63) is 17.0 Å². The van der Waals surface area contributed by atoms with Crippen LogP contribution < -0.4 is 4.72 Å². The van der Waals surface area contributed by atoms with E-state index < -0.39 is 10.0 Å². The second kappa shape index (κ2) is 6.58. The molecule has 108 valence electrons. The minimum absolute atomic E-state index is 0.0448. The van der Waals surface area contributed by atoms with Crippen LogP contribution in [0, 0.1) is 0 Å². The quantitative estimate of drug-likeness (QED) is 0.839. The summed E-state index contributed by atoms with van der Waals surface area (Å²) >= 11 is 2.97. The van der Waals surface area contributed by atoms with Gasteiger partial charge in [-0.2, -0.15) is 11.8 Å². The third-order valence-electron chi connectivity index (χ3n) is 3.32. The molecule has 1 aromatic rings. The highest BCUT2D eigenvalue weighted by atomic mass is 32.2. The topological polar surface area (TPSA) is 66.4 Å². The van der Waals surface area contributed by atoms with Gasteiger partial charge in [0, 0.05) is 29.2 Å². The summed E-state index contributed by atoms with van der Waals surface area (Å²) in [5, 5.41) is 9.25. The molecular weight excluding hydrogens is 302 g/mol. The lowest BCUT2D eigenvalue weighted by Crippen LogP contribution is -2.38. The van der Waals surface area contributed by atoms with Crippen molar-refractivity contribution < 1.29 is 13.5 Å². The Balaban J connectivity index is 2.08. The Morgan fingerprint density at radius 2 is 2.26 bits per heavy atom. The van der Waals surface area contributed by atoms with Crippen molar-refractivity contribution >= 4 is 33.1 Å². The van der Waals surface area contributed by atoms with Gasteiger partial charge in [0.2, 0.25) is 10.0 Å². The fourth-order valence-electron chi connectivity index (χ4n) is 2.35. The van der Waals surface area contributed by atoms with E-state index in [0.717, 1.165) is 24.1 Å². The first-order chi connectivity index (χ1) is 9.06. The van der Waals surface area contributed by atoms with Crippen molar-refractivity contribution in [2.45, 2.75) is 41.2 Å². The number of rotatable bonds is 6. The molecule has 2 unspecified atom stereocenters. The predicted molar refractivity (Wildman–Crippen MR) is 80.4 cm³/mol. The maximum atomic E-state index is 12.3. The maximum Gasteiger partial charge on any atom is 0.250 e. The number of hydrogen-bond donors (Lipinski definition) is 2. The average molecular weight is 321 g/mol. The van der Waals surface area contributed by atoms with E-state index >= 15 is 0 Å². The SMILES string of the molecule is CSC1CCCC1NS(=O)(=O)c1ccc(CCO)s1. The molecule has 0 bridgehead atoms. The van der Waals surface area contributed by atoms with Crippen LogP contribution in [0.4, 0.5) is 0 Å². The predicted octanol–water partition coefficient (Wildman–Crippen LogP) is 1.85. The monoisotopic (exact) mass is 321 g/mol. The first-order valence-electron chi connectivity index (χ1n) is 6.31. The molecule has 2 rings (SSSR count). The molecule has 1 fully saturated rings. The Morgan fingerprint density at radius 1 is 1.47 bits per heavy atom. The summed E-state index contributed by atoms with van der Waals surface area (Å²) in [4.78, 5) is 0.899. The molecule has 1 aliphatic carbocycles. The summed E-state index contributed by atoms with van der Waals surface area (Å²) in [7, 11) is -3.41. The van der Waals surface area contributed by atoms with Gasteiger partial charge in [-0.15, -0.1) is 11.3 Å². The molecule has 19 heavy (non-hydrogen) atoms. The zero-order valence-electron chi connectivity index (χ0n) is 10.8. The van der Waals surface area contributed by atoms with Gasteiger partial charge in [0.1, 0.15) is 4.21 Å². The van der Waals surface area contributed by atoms with E-state index in [1.807, 2.05) is 6.26 Å². The van der Waals surface area contributed by atoms with Crippen LogP contribution >= 0.6 is 23.1 Å². The van der Waals surface area contributed by atoms with Crippen LogP contribution in [0.25, 0.3) is 0 Å². The molecule has 7 heteroatoms. The van der Waals surface area contributed by atoms with E-state index in [2.05, 4.69) is 4.72 Å². The lowest BCUT2D eigenvalue weighted by atomic mass is 10.3. The molecule has 0 radical (unpaired) electrons. The van der Waals surface area contributed by atoms with Gasteiger partial charge in [-0.1, -0.05) is 6.42 Å². The summed E-state index contributed by atoms with van der Waals surface area (Å²) in [6.07, 6.45) is 5.62. The molecule has 0 saturated heterocycles. The van der Waals surface area contributed by atoms with Gasteiger partial charge in [-0.05, 0) is 31.2 Å². The van der Waals surface area contributed by atoms with Gasteiger partial charge in [0.15, 0.2) is 0 Å². The fourth-order valence-corrected chi connectivity index (χ4v) is 6.04. The largest absolute Gasteiger partial charge is 0.396 e. The second-order valence-corrected chi connectivity index (χ2v) is 8.81. The van der Waals surface area contributed by atoms with Crippen LogP contribution in [0.1, 0.15) is 24.1 Å². The Kier molecular flexibility index (Phi) is 5.30. The van der Waals surface area contributed by atoms with Crippen molar-refractivity contribution in [1.82, 2.24) is 4.72 Å². The highest BCUT2D eigenvalue weighted by molar-refractivity contribution is 7.99. The summed E-state index contributed by atoms with van der Waals surface area (Å²) in [6.45, 7) is 0.0462. The number of hydrogen-bond acceptors (Lipinski definition) is 5. The van der Waals surface area contributed by atoms with Gasteiger partial charge in [-0.25, -0.2) is 13.1 Å². The van der Waals surface area contributed by atoms with E-state index in [1.165, 1.54) is 11.3 Å². The van der Waals surface area contributed by atoms with Crippen molar-refractivity contribution in [1.29, 1.82) is 0 Å². The average Bonchev–Trinajstić information content (AvgIpc) is 2.98. The van der Waals surface area contributed by atoms with Crippen LogP contribution in [-0.4, -0.2) is 37.7 Å². The lowest BCUT2D eigenvalue weighted by Gasteiger charge is -2.18. The third-order valence-corrected chi connectivity index (χ3v) is 7.62.